The Labute approximate surface area is 89.5 Å². The lowest BCUT2D eigenvalue weighted by atomic mass is 10.1. The van der Waals surface area contributed by atoms with Crippen molar-refractivity contribution in [3.05, 3.63) is 44.8 Å². The average Bonchev–Trinajstić information content (AvgIpc) is 2.87. The van der Waals surface area contributed by atoms with Crippen molar-refractivity contribution in [2.45, 2.75) is 6.10 Å². The predicted molar refractivity (Wildman–Crippen MR) is 57.9 cm³/mol. The summed E-state index contributed by atoms with van der Waals surface area (Å²) in [4.78, 5) is 11.7. The molecule has 2 rings (SSSR count). The van der Waals surface area contributed by atoms with Crippen molar-refractivity contribution in [2.24, 2.45) is 0 Å². The summed E-state index contributed by atoms with van der Waals surface area (Å²) >= 11 is 2.93. The number of hydrogen-bond donors (Lipinski definition) is 1. The first-order valence-electron chi connectivity index (χ1n) is 4.05. The highest BCUT2D eigenvalue weighted by Gasteiger charge is 2.19. The Kier molecular flexibility index (Phi) is 2.77. The highest BCUT2D eigenvalue weighted by Crippen LogP contribution is 2.21. The van der Waals surface area contributed by atoms with Crippen molar-refractivity contribution in [1.29, 1.82) is 0 Å². The lowest BCUT2D eigenvalue weighted by molar-refractivity contribution is 0.0749. The van der Waals surface area contributed by atoms with E-state index in [2.05, 4.69) is 0 Å². The van der Waals surface area contributed by atoms with Crippen LogP contribution in [0.1, 0.15) is 22.0 Å². The molecule has 0 aliphatic carbocycles. The van der Waals surface area contributed by atoms with Crippen LogP contribution in [0, 0.1) is 0 Å². The van der Waals surface area contributed by atoms with Gasteiger partial charge in [-0.25, -0.2) is 0 Å². The predicted octanol–water partition coefficient (Wildman–Crippen LogP) is 2.73. The maximum Gasteiger partial charge on any atom is 0.196 e. The third kappa shape index (κ3) is 1.77. The Balaban J connectivity index is 2.21. The highest BCUT2D eigenvalue weighted by atomic mass is 32.1. The van der Waals surface area contributed by atoms with E-state index in [1.54, 1.807) is 22.9 Å². The molecule has 14 heavy (non-hydrogen) atoms. The van der Waals surface area contributed by atoms with E-state index < -0.39 is 6.10 Å². The minimum atomic E-state index is -1.02. The van der Waals surface area contributed by atoms with Gasteiger partial charge < -0.3 is 5.11 Å². The summed E-state index contributed by atoms with van der Waals surface area (Å²) in [5.41, 5.74) is 1.25. The third-order valence-electron chi connectivity index (χ3n) is 1.91. The van der Waals surface area contributed by atoms with Crippen LogP contribution >= 0.6 is 22.7 Å². The van der Waals surface area contributed by atoms with Crippen molar-refractivity contribution in [2.75, 3.05) is 0 Å². The summed E-state index contributed by atoms with van der Waals surface area (Å²) in [7, 11) is 0. The molecule has 0 fully saturated rings. The minimum Gasteiger partial charge on any atom is -0.380 e. The maximum absolute atomic E-state index is 11.7. The number of aliphatic hydroxyl groups is 1. The average molecular weight is 224 g/mol. The van der Waals surface area contributed by atoms with Crippen LogP contribution in [0.3, 0.4) is 0 Å². The number of ketones is 1. The molecule has 72 valence electrons. The van der Waals surface area contributed by atoms with E-state index in [0.717, 1.165) is 0 Å². The molecule has 1 unspecified atom stereocenters. The van der Waals surface area contributed by atoms with Gasteiger partial charge in [0.2, 0.25) is 0 Å². The van der Waals surface area contributed by atoms with Crippen LogP contribution in [0.15, 0.2) is 33.7 Å². The molecule has 2 nitrogen and oxygen atoms in total. The Morgan fingerprint density at radius 2 is 1.93 bits per heavy atom. The fourth-order valence-electron chi connectivity index (χ4n) is 1.14. The minimum absolute atomic E-state index is 0.232. The van der Waals surface area contributed by atoms with Crippen LogP contribution in [-0.2, 0) is 0 Å². The molecule has 4 heteroatoms. The van der Waals surface area contributed by atoms with Crippen molar-refractivity contribution < 1.29 is 9.90 Å². The van der Waals surface area contributed by atoms with Crippen LogP contribution in [0.25, 0.3) is 0 Å². The van der Waals surface area contributed by atoms with Gasteiger partial charge in [0, 0.05) is 10.9 Å². The van der Waals surface area contributed by atoms with E-state index in [9.17, 15) is 9.90 Å². The highest BCUT2D eigenvalue weighted by molar-refractivity contribution is 7.08. The van der Waals surface area contributed by atoms with Crippen molar-refractivity contribution in [3.63, 3.8) is 0 Å². The van der Waals surface area contributed by atoms with Gasteiger partial charge in [-0.15, -0.1) is 0 Å². The second kappa shape index (κ2) is 4.04. The first kappa shape index (κ1) is 9.58. The molecule has 2 aromatic rings. The summed E-state index contributed by atoms with van der Waals surface area (Å²) in [5.74, 6) is -0.232. The van der Waals surface area contributed by atoms with Crippen LogP contribution in [0.2, 0.25) is 0 Å². The maximum atomic E-state index is 11.7. The summed E-state index contributed by atoms with van der Waals surface area (Å²) in [6.45, 7) is 0. The Morgan fingerprint density at radius 1 is 1.21 bits per heavy atom. The normalized spacial score (nSPS) is 12.6. The molecule has 2 heterocycles. The van der Waals surface area contributed by atoms with Crippen LogP contribution in [-0.4, -0.2) is 10.9 Å². The summed E-state index contributed by atoms with van der Waals surface area (Å²) in [6, 6.07) is 3.49. The van der Waals surface area contributed by atoms with Gasteiger partial charge in [-0.1, -0.05) is 0 Å². The van der Waals surface area contributed by atoms with Gasteiger partial charge in [-0.3, -0.25) is 4.79 Å². The first-order chi connectivity index (χ1) is 6.79. The number of carbonyl (C=O) groups excluding carboxylic acids is 1. The summed E-state index contributed by atoms with van der Waals surface area (Å²) in [6.07, 6.45) is -1.02. The Bertz CT molecular complexity index is 403. The lowest BCUT2D eigenvalue weighted by Crippen LogP contribution is -2.10. The molecular weight excluding hydrogens is 216 g/mol. The molecule has 0 amide bonds. The van der Waals surface area contributed by atoms with E-state index in [1.807, 2.05) is 10.8 Å². The number of carbonyl (C=O) groups is 1. The van der Waals surface area contributed by atoms with E-state index in [4.69, 9.17) is 0 Å². The third-order valence-corrected chi connectivity index (χ3v) is 3.30. The topological polar surface area (TPSA) is 37.3 Å². The molecule has 1 atom stereocenters. The number of rotatable bonds is 3. The molecule has 0 aliphatic heterocycles. The first-order valence-corrected chi connectivity index (χ1v) is 5.94. The number of Topliss-reactive ketones (excluding diaryl/α,β-unsaturated/α-hetero) is 1. The largest absolute Gasteiger partial charge is 0.380 e. The fraction of sp³-hybridized carbons (Fsp3) is 0.100. The van der Waals surface area contributed by atoms with Gasteiger partial charge in [0.15, 0.2) is 5.78 Å². The van der Waals surface area contributed by atoms with Crippen molar-refractivity contribution >= 4 is 28.5 Å². The van der Waals surface area contributed by atoms with Gasteiger partial charge in [0.05, 0.1) is 0 Å². The molecular formula is C10H8O2S2. The van der Waals surface area contributed by atoms with Crippen molar-refractivity contribution in [3.8, 4) is 0 Å². The summed E-state index contributed by atoms with van der Waals surface area (Å²) in [5, 5.41) is 16.9. The van der Waals surface area contributed by atoms with E-state index >= 15 is 0 Å². The number of aliphatic hydroxyl groups excluding tert-OH is 1. The molecule has 0 aliphatic rings. The van der Waals surface area contributed by atoms with Gasteiger partial charge in [0.25, 0.3) is 0 Å². The molecule has 1 N–H and O–H groups in total. The Hall–Kier alpha value is -0.970. The Morgan fingerprint density at radius 3 is 2.50 bits per heavy atom. The van der Waals surface area contributed by atoms with Crippen LogP contribution in [0.4, 0.5) is 0 Å². The SMILES string of the molecule is O=C(c1ccsc1)C(O)c1ccsc1. The zero-order chi connectivity index (χ0) is 9.97. The van der Waals surface area contributed by atoms with Crippen LogP contribution in [0.5, 0.6) is 0 Å². The molecule has 0 saturated heterocycles. The van der Waals surface area contributed by atoms with E-state index in [-0.39, 0.29) is 5.78 Å². The van der Waals surface area contributed by atoms with E-state index in [1.165, 1.54) is 22.7 Å². The summed E-state index contributed by atoms with van der Waals surface area (Å²) < 4.78 is 0. The molecule has 0 saturated carbocycles. The molecule has 2 aromatic heterocycles. The molecule has 0 bridgehead atoms. The van der Waals surface area contributed by atoms with Gasteiger partial charge in [-0.2, -0.15) is 22.7 Å². The molecule has 0 aromatic carbocycles. The standard InChI is InChI=1S/C10H8O2S2/c11-9(7-1-3-13-5-7)10(12)8-2-4-14-6-8/h1-6,9,11H. The zero-order valence-electron chi connectivity index (χ0n) is 7.21. The van der Waals surface area contributed by atoms with Gasteiger partial charge >= 0.3 is 0 Å². The monoisotopic (exact) mass is 224 g/mol. The quantitative estimate of drug-likeness (QED) is 0.814. The lowest BCUT2D eigenvalue weighted by Gasteiger charge is -2.05. The van der Waals surface area contributed by atoms with Crippen molar-refractivity contribution in [1.82, 2.24) is 0 Å². The number of hydrogen-bond acceptors (Lipinski definition) is 4. The van der Waals surface area contributed by atoms with E-state index in [0.29, 0.717) is 11.1 Å². The smallest absolute Gasteiger partial charge is 0.196 e. The number of thiophene rings is 2. The molecule has 0 spiro atoms. The van der Waals surface area contributed by atoms with Crippen LogP contribution < -0.4 is 0 Å². The fourth-order valence-corrected chi connectivity index (χ4v) is 2.47. The second-order valence-corrected chi connectivity index (χ2v) is 4.40. The van der Waals surface area contributed by atoms with Gasteiger partial charge in [0.1, 0.15) is 6.10 Å². The zero-order valence-corrected chi connectivity index (χ0v) is 8.85. The molecule has 0 radical (unpaired) electrons. The second-order valence-electron chi connectivity index (χ2n) is 2.84. The van der Waals surface area contributed by atoms with Gasteiger partial charge in [-0.05, 0) is 33.8 Å².